The van der Waals surface area contributed by atoms with E-state index in [2.05, 4.69) is 36.5 Å². The lowest BCUT2D eigenvalue weighted by Gasteiger charge is -2.22. The van der Waals surface area contributed by atoms with Gasteiger partial charge in [0.2, 0.25) is 5.91 Å². The van der Waals surface area contributed by atoms with Gasteiger partial charge in [0.05, 0.1) is 12.8 Å². The number of amides is 2. The molecule has 0 saturated carbocycles. The molecule has 0 aliphatic carbocycles. The third-order valence-corrected chi connectivity index (χ3v) is 5.36. The number of nitrogens with one attached hydrogen (secondary N) is 1. The van der Waals surface area contributed by atoms with Gasteiger partial charge in [-0.1, -0.05) is 30.3 Å². The minimum absolute atomic E-state index is 0.0294. The van der Waals surface area contributed by atoms with Gasteiger partial charge in [-0.05, 0) is 43.2 Å². The van der Waals surface area contributed by atoms with Crippen molar-refractivity contribution in [3.05, 3.63) is 81.9 Å². The smallest absolute Gasteiger partial charge is 0.286 e. The summed E-state index contributed by atoms with van der Waals surface area (Å²) in [7, 11) is 0. The van der Waals surface area contributed by atoms with E-state index in [1.807, 2.05) is 23.1 Å². The van der Waals surface area contributed by atoms with Crippen LogP contribution in [0.1, 0.15) is 32.3 Å². The predicted molar refractivity (Wildman–Crippen MR) is 110 cm³/mol. The van der Waals surface area contributed by atoms with E-state index >= 15 is 0 Å². The van der Waals surface area contributed by atoms with E-state index in [1.54, 1.807) is 23.5 Å². The van der Waals surface area contributed by atoms with E-state index in [9.17, 15) is 9.59 Å². The fourth-order valence-electron chi connectivity index (χ4n) is 2.89. The normalized spacial score (nSPS) is 10.6. The largest absolute Gasteiger partial charge is 0.459 e. The number of carbonyl (C=O) groups excluding carboxylic acids is 2. The predicted octanol–water partition coefficient (Wildman–Crippen LogP) is 4.04. The standard InChI is InChI=1S/C22H24N2O3S/c1-17-9-10-19(28-17)16-24(14-12-18-6-3-2-4-7-18)21(25)11-13-23-22(26)20-8-5-15-27-20/h2-10,15H,11-14,16H2,1H3,(H,23,26). The topological polar surface area (TPSA) is 62.6 Å². The monoisotopic (exact) mass is 396 g/mol. The van der Waals surface area contributed by atoms with Gasteiger partial charge in [0.25, 0.3) is 5.91 Å². The lowest BCUT2D eigenvalue weighted by atomic mass is 10.1. The molecule has 6 heteroatoms. The number of rotatable bonds is 9. The van der Waals surface area contributed by atoms with E-state index in [0.717, 1.165) is 6.42 Å². The van der Waals surface area contributed by atoms with Gasteiger partial charge in [0, 0.05) is 29.3 Å². The molecule has 0 bridgehead atoms. The molecule has 0 saturated heterocycles. The minimum atomic E-state index is -0.303. The number of benzene rings is 1. The second-order valence-corrected chi connectivity index (χ2v) is 7.92. The molecule has 1 aromatic carbocycles. The van der Waals surface area contributed by atoms with Gasteiger partial charge >= 0.3 is 0 Å². The molecule has 2 aromatic heterocycles. The molecule has 28 heavy (non-hydrogen) atoms. The summed E-state index contributed by atoms with van der Waals surface area (Å²) in [4.78, 5) is 29.0. The Bertz CT molecular complexity index is 888. The third-order valence-electron chi connectivity index (χ3n) is 4.38. The second-order valence-electron chi connectivity index (χ2n) is 6.55. The number of hydrogen-bond acceptors (Lipinski definition) is 4. The number of thiophene rings is 1. The van der Waals surface area contributed by atoms with Gasteiger partial charge in [-0.15, -0.1) is 11.3 Å². The first kappa shape index (κ1) is 19.9. The van der Waals surface area contributed by atoms with Crippen LogP contribution in [0.4, 0.5) is 0 Å². The highest BCUT2D eigenvalue weighted by Crippen LogP contribution is 2.18. The van der Waals surface area contributed by atoms with Gasteiger partial charge in [-0.3, -0.25) is 9.59 Å². The van der Waals surface area contributed by atoms with E-state index in [-0.39, 0.29) is 30.5 Å². The fraction of sp³-hybridized carbons (Fsp3) is 0.273. The van der Waals surface area contributed by atoms with Gasteiger partial charge in [0.1, 0.15) is 0 Å². The molecule has 3 rings (SSSR count). The maximum Gasteiger partial charge on any atom is 0.286 e. The summed E-state index contributed by atoms with van der Waals surface area (Å²) in [6, 6.07) is 17.6. The van der Waals surface area contributed by atoms with Crippen LogP contribution in [-0.4, -0.2) is 29.8 Å². The number of aryl methyl sites for hydroxylation is 1. The molecule has 1 N–H and O–H groups in total. The SMILES string of the molecule is Cc1ccc(CN(CCc2ccccc2)C(=O)CCNC(=O)c2ccco2)s1. The Morgan fingerprint density at radius 2 is 1.89 bits per heavy atom. The van der Waals surface area contributed by atoms with E-state index < -0.39 is 0 Å². The fourth-order valence-corrected chi connectivity index (χ4v) is 3.80. The summed E-state index contributed by atoms with van der Waals surface area (Å²) in [5.74, 6) is -0.0216. The van der Waals surface area contributed by atoms with Crippen molar-refractivity contribution in [1.29, 1.82) is 0 Å². The Labute approximate surface area is 169 Å². The molecule has 2 heterocycles. The van der Waals surface area contributed by atoms with Gasteiger partial charge in [0.15, 0.2) is 5.76 Å². The molecule has 0 aliphatic rings. The lowest BCUT2D eigenvalue weighted by molar-refractivity contribution is -0.131. The third kappa shape index (κ3) is 5.82. The van der Waals surface area contributed by atoms with Crippen LogP contribution in [0, 0.1) is 6.92 Å². The van der Waals surface area contributed by atoms with Crippen LogP contribution in [0.15, 0.2) is 65.3 Å². The first-order valence-electron chi connectivity index (χ1n) is 9.30. The average Bonchev–Trinajstić information content (AvgIpc) is 3.37. The number of hydrogen-bond donors (Lipinski definition) is 1. The van der Waals surface area contributed by atoms with Crippen molar-refractivity contribution in [2.24, 2.45) is 0 Å². The summed E-state index contributed by atoms with van der Waals surface area (Å²) in [5.41, 5.74) is 1.20. The van der Waals surface area contributed by atoms with Crippen LogP contribution < -0.4 is 5.32 Å². The number of nitrogens with zero attached hydrogens (tertiary/aromatic N) is 1. The maximum atomic E-state index is 12.8. The minimum Gasteiger partial charge on any atom is -0.459 e. The number of carbonyl (C=O) groups is 2. The van der Waals surface area contributed by atoms with Crippen molar-refractivity contribution in [1.82, 2.24) is 10.2 Å². The van der Waals surface area contributed by atoms with Crippen LogP contribution in [0.3, 0.4) is 0 Å². The zero-order valence-corrected chi connectivity index (χ0v) is 16.7. The van der Waals surface area contributed by atoms with Crippen LogP contribution in [0.5, 0.6) is 0 Å². The molecule has 0 radical (unpaired) electrons. The van der Waals surface area contributed by atoms with Gasteiger partial charge < -0.3 is 14.6 Å². The molecule has 0 spiro atoms. The molecule has 146 valence electrons. The Balaban J connectivity index is 1.56. The summed E-state index contributed by atoms with van der Waals surface area (Å²) >= 11 is 1.71. The second kappa shape index (κ2) is 9.90. The van der Waals surface area contributed by atoms with Crippen molar-refractivity contribution in [3.63, 3.8) is 0 Å². The highest BCUT2D eigenvalue weighted by atomic mass is 32.1. The average molecular weight is 397 g/mol. The molecule has 0 unspecified atom stereocenters. The summed E-state index contributed by atoms with van der Waals surface area (Å²) in [6.45, 7) is 3.58. The molecule has 3 aromatic rings. The molecule has 0 aliphatic heterocycles. The van der Waals surface area contributed by atoms with Crippen molar-refractivity contribution >= 4 is 23.2 Å². The van der Waals surface area contributed by atoms with Crippen molar-refractivity contribution in [2.45, 2.75) is 26.3 Å². The van der Waals surface area contributed by atoms with Crippen molar-refractivity contribution < 1.29 is 14.0 Å². The van der Waals surface area contributed by atoms with Crippen molar-refractivity contribution in [3.8, 4) is 0 Å². The molecular formula is C22H24N2O3S. The van der Waals surface area contributed by atoms with Crippen LogP contribution in [0.25, 0.3) is 0 Å². The maximum absolute atomic E-state index is 12.8. The molecule has 5 nitrogen and oxygen atoms in total. The van der Waals surface area contributed by atoms with Gasteiger partial charge in [-0.25, -0.2) is 0 Å². The quantitative estimate of drug-likeness (QED) is 0.594. The van der Waals surface area contributed by atoms with Crippen LogP contribution in [0.2, 0.25) is 0 Å². The molecule has 0 atom stereocenters. The zero-order valence-electron chi connectivity index (χ0n) is 15.9. The first-order chi connectivity index (χ1) is 13.6. The number of furan rings is 1. The van der Waals surface area contributed by atoms with Gasteiger partial charge in [-0.2, -0.15) is 0 Å². The zero-order chi connectivity index (χ0) is 19.8. The highest BCUT2D eigenvalue weighted by Gasteiger charge is 2.16. The summed E-state index contributed by atoms with van der Waals surface area (Å²) in [6.07, 6.45) is 2.51. The molecule has 2 amide bonds. The summed E-state index contributed by atoms with van der Waals surface area (Å²) in [5, 5.41) is 2.74. The van der Waals surface area contributed by atoms with Crippen molar-refractivity contribution in [2.75, 3.05) is 13.1 Å². The van der Waals surface area contributed by atoms with E-state index in [1.165, 1.54) is 21.6 Å². The van der Waals surface area contributed by atoms with Crippen LogP contribution in [-0.2, 0) is 17.8 Å². The Kier molecular flexibility index (Phi) is 7.03. The molecular weight excluding hydrogens is 372 g/mol. The highest BCUT2D eigenvalue weighted by molar-refractivity contribution is 7.11. The molecule has 0 fully saturated rings. The Morgan fingerprint density at radius 1 is 1.07 bits per heavy atom. The Morgan fingerprint density at radius 3 is 2.57 bits per heavy atom. The summed E-state index contributed by atoms with van der Waals surface area (Å²) < 4.78 is 5.06. The lowest BCUT2D eigenvalue weighted by Crippen LogP contribution is -2.35. The van der Waals surface area contributed by atoms with Crippen LogP contribution >= 0.6 is 11.3 Å². The Hall–Kier alpha value is -2.86. The van der Waals surface area contributed by atoms with E-state index in [0.29, 0.717) is 13.1 Å². The van der Waals surface area contributed by atoms with E-state index in [4.69, 9.17) is 4.42 Å². The first-order valence-corrected chi connectivity index (χ1v) is 10.1.